The summed E-state index contributed by atoms with van der Waals surface area (Å²) in [7, 11) is 0. The van der Waals surface area contributed by atoms with Crippen LogP contribution in [0.1, 0.15) is 24.8 Å². The summed E-state index contributed by atoms with van der Waals surface area (Å²) in [4.78, 5) is 11.9. The predicted octanol–water partition coefficient (Wildman–Crippen LogP) is 1.62. The monoisotopic (exact) mass is 229 g/mol. The fourth-order valence-electron chi connectivity index (χ4n) is 2.13. The molecule has 1 aliphatic rings. The van der Waals surface area contributed by atoms with Crippen molar-refractivity contribution in [1.82, 2.24) is 0 Å². The summed E-state index contributed by atoms with van der Waals surface area (Å²) >= 11 is 0. The molecule has 0 saturated heterocycles. The Bertz CT molecular complexity index is 447. The van der Waals surface area contributed by atoms with Gasteiger partial charge in [-0.3, -0.25) is 4.79 Å². The lowest BCUT2D eigenvalue weighted by molar-refractivity contribution is -0.119. The lowest BCUT2D eigenvalue weighted by Crippen LogP contribution is -2.23. The Morgan fingerprint density at radius 1 is 1.35 bits per heavy atom. The van der Waals surface area contributed by atoms with Crippen molar-refractivity contribution in [3.05, 3.63) is 29.8 Å². The molecule has 0 heterocycles. The zero-order valence-electron chi connectivity index (χ0n) is 9.52. The van der Waals surface area contributed by atoms with E-state index in [-0.39, 0.29) is 17.9 Å². The van der Waals surface area contributed by atoms with E-state index < -0.39 is 0 Å². The van der Waals surface area contributed by atoms with Gasteiger partial charge < -0.3 is 11.1 Å². The molecule has 1 amide bonds. The van der Waals surface area contributed by atoms with Gasteiger partial charge in [-0.25, -0.2) is 0 Å². The van der Waals surface area contributed by atoms with Crippen molar-refractivity contribution in [2.75, 3.05) is 5.32 Å². The van der Waals surface area contributed by atoms with Gasteiger partial charge in [0.15, 0.2) is 0 Å². The first-order chi connectivity index (χ1) is 8.19. The Morgan fingerprint density at radius 2 is 2.06 bits per heavy atom. The van der Waals surface area contributed by atoms with Gasteiger partial charge in [0, 0.05) is 17.6 Å². The highest BCUT2D eigenvalue weighted by Gasteiger charge is 2.27. The predicted molar refractivity (Wildman–Crippen MR) is 65.1 cm³/mol. The molecular weight excluding hydrogens is 214 g/mol. The van der Waals surface area contributed by atoms with E-state index in [4.69, 9.17) is 11.0 Å². The van der Waals surface area contributed by atoms with E-state index in [1.54, 1.807) is 24.3 Å². The Morgan fingerprint density at radius 3 is 2.59 bits per heavy atom. The average Bonchev–Trinajstić information content (AvgIpc) is 2.77. The summed E-state index contributed by atoms with van der Waals surface area (Å²) < 4.78 is 0. The number of nitrogens with zero attached hydrogens (tertiary/aromatic N) is 1. The van der Waals surface area contributed by atoms with Crippen molar-refractivity contribution in [2.45, 2.75) is 25.3 Å². The van der Waals surface area contributed by atoms with Crippen LogP contribution in [0.2, 0.25) is 0 Å². The number of carbonyl (C=O) groups excluding carboxylic acids is 1. The van der Waals surface area contributed by atoms with Gasteiger partial charge in [-0.05, 0) is 43.5 Å². The Hall–Kier alpha value is -1.86. The number of nitriles is 1. The van der Waals surface area contributed by atoms with Crippen LogP contribution >= 0.6 is 0 Å². The fraction of sp³-hybridized carbons (Fsp3) is 0.385. The minimum atomic E-state index is 0.0284. The van der Waals surface area contributed by atoms with E-state index >= 15 is 0 Å². The second-order valence-corrected chi connectivity index (χ2v) is 4.45. The quantitative estimate of drug-likeness (QED) is 0.808. The normalized spacial score (nSPS) is 23.1. The summed E-state index contributed by atoms with van der Waals surface area (Å²) in [5.41, 5.74) is 7.10. The van der Waals surface area contributed by atoms with E-state index in [0.29, 0.717) is 5.56 Å². The van der Waals surface area contributed by atoms with Gasteiger partial charge in [0.25, 0.3) is 0 Å². The average molecular weight is 229 g/mol. The van der Waals surface area contributed by atoms with Gasteiger partial charge in [0.2, 0.25) is 5.91 Å². The van der Waals surface area contributed by atoms with Crippen LogP contribution in [0.25, 0.3) is 0 Å². The molecule has 17 heavy (non-hydrogen) atoms. The second kappa shape index (κ2) is 4.98. The third-order valence-corrected chi connectivity index (χ3v) is 3.13. The molecule has 88 valence electrons. The zero-order chi connectivity index (χ0) is 12.3. The molecule has 1 aromatic carbocycles. The molecule has 3 N–H and O–H groups in total. The van der Waals surface area contributed by atoms with Crippen molar-refractivity contribution < 1.29 is 4.79 Å². The van der Waals surface area contributed by atoms with Gasteiger partial charge in [0.1, 0.15) is 0 Å². The number of rotatable bonds is 2. The van der Waals surface area contributed by atoms with Crippen molar-refractivity contribution >= 4 is 11.6 Å². The van der Waals surface area contributed by atoms with Gasteiger partial charge in [0.05, 0.1) is 11.6 Å². The molecule has 0 spiro atoms. The Labute approximate surface area is 100 Å². The molecule has 4 heteroatoms. The number of amides is 1. The molecule has 1 aromatic rings. The summed E-state index contributed by atoms with van der Waals surface area (Å²) in [5, 5.41) is 11.5. The molecule has 2 rings (SSSR count). The van der Waals surface area contributed by atoms with Gasteiger partial charge in [-0.1, -0.05) is 0 Å². The molecule has 2 unspecified atom stereocenters. The van der Waals surface area contributed by atoms with Crippen LogP contribution in [0.3, 0.4) is 0 Å². The maximum Gasteiger partial charge on any atom is 0.227 e. The summed E-state index contributed by atoms with van der Waals surface area (Å²) in [6.45, 7) is 0. The number of benzene rings is 1. The van der Waals surface area contributed by atoms with Gasteiger partial charge >= 0.3 is 0 Å². The van der Waals surface area contributed by atoms with Gasteiger partial charge in [-0.15, -0.1) is 0 Å². The standard InChI is InChI=1S/C13H15N3O/c14-8-9-1-5-12(6-2-9)16-13(17)10-3-4-11(15)7-10/h1-2,5-6,10-11H,3-4,7,15H2,(H,16,17). The Balaban J connectivity index is 1.96. The highest BCUT2D eigenvalue weighted by Crippen LogP contribution is 2.25. The van der Waals surface area contributed by atoms with E-state index in [1.807, 2.05) is 6.07 Å². The number of anilines is 1. The van der Waals surface area contributed by atoms with Crippen molar-refractivity contribution in [1.29, 1.82) is 5.26 Å². The van der Waals surface area contributed by atoms with E-state index in [0.717, 1.165) is 24.9 Å². The number of hydrogen-bond acceptors (Lipinski definition) is 3. The van der Waals surface area contributed by atoms with Crippen LogP contribution in [0.15, 0.2) is 24.3 Å². The molecule has 1 fully saturated rings. The number of carbonyl (C=O) groups is 1. The summed E-state index contributed by atoms with van der Waals surface area (Å²) in [6.07, 6.45) is 2.55. The molecule has 0 bridgehead atoms. The topological polar surface area (TPSA) is 78.9 Å². The highest BCUT2D eigenvalue weighted by atomic mass is 16.1. The molecule has 1 saturated carbocycles. The lowest BCUT2D eigenvalue weighted by Gasteiger charge is -2.10. The maximum atomic E-state index is 11.9. The maximum absolute atomic E-state index is 11.9. The molecule has 0 aromatic heterocycles. The van der Waals surface area contributed by atoms with E-state index in [2.05, 4.69) is 5.32 Å². The summed E-state index contributed by atoms with van der Waals surface area (Å²) in [6, 6.07) is 9.06. The third-order valence-electron chi connectivity index (χ3n) is 3.13. The molecule has 0 radical (unpaired) electrons. The first-order valence-corrected chi connectivity index (χ1v) is 5.75. The molecule has 4 nitrogen and oxygen atoms in total. The van der Waals surface area contributed by atoms with Crippen molar-refractivity contribution in [3.63, 3.8) is 0 Å². The second-order valence-electron chi connectivity index (χ2n) is 4.45. The van der Waals surface area contributed by atoms with Crippen LogP contribution < -0.4 is 11.1 Å². The highest BCUT2D eigenvalue weighted by molar-refractivity contribution is 5.92. The summed E-state index contributed by atoms with van der Waals surface area (Å²) in [5.74, 6) is 0.0586. The lowest BCUT2D eigenvalue weighted by atomic mass is 10.1. The van der Waals surface area contributed by atoms with Crippen LogP contribution in [0.4, 0.5) is 5.69 Å². The third kappa shape index (κ3) is 2.83. The largest absolute Gasteiger partial charge is 0.328 e. The van der Waals surface area contributed by atoms with Crippen LogP contribution in [-0.2, 0) is 4.79 Å². The molecule has 0 aliphatic heterocycles. The molecular formula is C13H15N3O. The van der Waals surface area contributed by atoms with Gasteiger partial charge in [-0.2, -0.15) is 5.26 Å². The van der Waals surface area contributed by atoms with Crippen molar-refractivity contribution in [3.8, 4) is 6.07 Å². The molecule has 1 aliphatic carbocycles. The number of nitrogens with one attached hydrogen (secondary N) is 1. The SMILES string of the molecule is N#Cc1ccc(NC(=O)C2CCC(N)C2)cc1. The van der Waals surface area contributed by atoms with E-state index in [1.165, 1.54) is 0 Å². The number of hydrogen-bond donors (Lipinski definition) is 2. The first-order valence-electron chi connectivity index (χ1n) is 5.75. The minimum absolute atomic E-state index is 0.0284. The first kappa shape index (κ1) is 11.6. The Kier molecular flexibility index (Phi) is 3.40. The smallest absolute Gasteiger partial charge is 0.227 e. The number of nitrogens with two attached hydrogens (primary N) is 1. The van der Waals surface area contributed by atoms with Crippen LogP contribution in [0.5, 0.6) is 0 Å². The minimum Gasteiger partial charge on any atom is -0.328 e. The van der Waals surface area contributed by atoms with Crippen LogP contribution in [-0.4, -0.2) is 11.9 Å². The molecule has 2 atom stereocenters. The zero-order valence-corrected chi connectivity index (χ0v) is 9.52. The van der Waals surface area contributed by atoms with Crippen molar-refractivity contribution in [2.24, 2.45) is 11.7 Å². The van der Waals surface area contributed by atoms with E-state index in [9.17, 15) is 4.79 Å². The fourth-order valence-corrected chi connectivity index (χ4v) is 2.13. The van der Waals surface area contributed by atoms with Crippen LogP contribution in [0, 0.1) is 17.2 Å².